The highest BCUT2D eigenvalue weighted by molar-refractivity contribution is 5.87. The summed E-state index contributed by atoms with van der Waals surface area (Å²) < 4.78 is 1.74. The van der Waals surface area contributed by atoms with Crippen molar-refractivity contribution < 1.29 is 4.79 Å². The van der Waals surface area contributed by atoms with Crippen molar-refractivity contribution >= 4 is 6.29 Å². The van der Waals surface area contributed by atoms with E-state index in [4.69, 9.17) is 0 Å². The summed E-state index contributed by atoms with van der Waals surface area (Å²) in [4.78, 5) is 11.2. The molecule has 1 aromatic heterocycles. The van der Waals surface area contributed by atoms with E-state index in [0.29, 0.717) is 5.56 Å². The van der Waals surface area contributed by atoms with E-state index in [1.807, 2.05) is 55.5 Å². The largest absolute Gasteiger partial charge is 0.298 e. The van der Waals surface area contributed by atoms with Gasteiger partial charge >= 0.3 is 0 Å². The fourth-order valence-corrected chi connectivity index (χ4v) is 2.17. The third-order valence-electron chi connectivity index (χ3n) is 3.16. The lowest BCUT2D eigenvalue weighted by Gasteiger charge is -2.09. The van der Waals surface area contributed by atoms with Crippen molar-refractivity contribution in [1.82, 2.24) is 15.0 Å². The van der Waals surface area contributed by atoms with Crippen LogP contribution in [0.15, 0.2) is 54.7 Å². The third-order valence-corrected chi connectivity index (χ3v) is 3.16. The first kappa shape index (κ1) is 12.3. The zero-order valence-corrected chi connectivity index (χ0v) is 11.0. The van der Waals surface area contributed by atoms with Crippen LogP contribution in [0, 0.1) is 6.92 Å². The Labute approximate surface area is 116 Å². The van der Waals surface area contributed by atoms with Gasteiger partial charge in [-0.05, 0) is 25.1 Å². The van der Waals surface area contributed by atoms with E-state index in [1.54, 1.807) is 10.9 Å². The molecule has 0 N–H and O–H groups in total. The molecule has 0 aliphatic carbocycles. The van der Waals surface area contributed by atoms with E-state index in [1.165, 1.54) is 0 Å². The quantitative estimate of drug-likeness (QED) is 0.682. The van der Waals surface area contributed by atoms with E-state index in [9.17, 15) is 4.79 Å². The molecule has 3 aromatic rings. The van der Waals surface area contributed by atoms with E-state index < -0.39 is 0 Å². The summed E-state index contributed by atoms with van der Waals surface area (Å²) in [6.45, 7) is 1.99. The Morgan fingerprint density at radius 1 is 1.10 bits per heavy atom. The summed E-state index contributed by atoms with van der Waals surface area (Å²) >= 11 is 0. The van der Waals surface area contributed by atoms with Crippen molar-refractivity contribution in [3.8, 4) is 16.9 Å². The van der Waals surface area contributed by atoms with Crippen molar-refractivity contribution in [2.45, 2.75) is 6.92 Å². The molecular formula is C16H13N3O. The Balaban J connectivity index is 2.20. The van der Waals surface area contributed by atoms with Gasteiger partial charge in [-0.25, -0.2) is 4.68 Å². The number of aldehydes is 1. The minimum Gasteiger partial charge on any atom is -0.298 e. The lowest BCUT2D eigenvalue weighted by molar-refractivity contribution is 0.112. The molecule has 0 atom stereocenters. The number of nitrogens with zero attached hydrogens (tertiary/aromatic N) is 3. The molecule has 2 aromatic carbocycles. The lowest BCUT2D eigenvalue weighted by atomic mass is 10.0. The molecule has 0 bridgehead atoms. The van der Waals surface area contributed by atoms with Gasteiger partial charge in [0.1, 0.15) is 0 Å². The molecule has 3 rings (SSSR count). The number of rotatable bonds is 3. The Morgan fingerprint density at radius 3 is 2.65 bits per heavy atom. The molecule has 1 heterocycles. The van der Waals surface area contributed by atoms with E-state index in [0.717, 1.165) is 28.8 Å². The van der Waals surface area contributed by atoms with Crippen LogP contribution in [0.3, 0.4) is 0 Å². The van der Waals surface area contributed by atoms with Crippen LogP contribution in [-0.4, -0.2) is 21.3 Å². The molecule has 0 aliphatic rings. The number of hydrogen-bond donors (Lipinski definition) is 0. The second-order valence-electron chi connectivity index (χ2n) is 4.58. The highest BCUT2D eigenvalue weighted by Gasteiger charge is 2.12. The van der Waals surface area contributed by atoms with Crippen molar-refractivity contribution in [1.29, 1.82) is 0 Å². The molecule has 0 unspecified atom stereocenters. The van der Waals surface area contributed by atoms with Crippen LogP contribution in [0.4, 0.5) is 0 Å². The number of benzene rings is 2. The highest BCUT2D eigenvalue weighted by Crippen LogP contribution is 2.25. The fraction of sp³-hybridized carbons (Fsp3) is 0.0625. The SMILES string of the molecule is Cc1ccc(C=O)c(-c2cnnn2-c2ccccc2)c1. The van der Waals surface area contributed by atoms with Crippen molar-refractivity contribution in [3.05, 3.63) is 65.9 Å². The van der Waals surface area contributed by atoms with Gasteiger partial charge < -0.3 is 0 Å². The molecule has 0 radical (unpaired) electrons. The summed E-state index contributed by atoms with van der Waals surface area (Å²) in [5, 5.41) is 8.10. The summed E-state index contributed by atoms with van der Waals surface area (Å²) in [5.74, 6) is 0. The number of para-hydroxylation sites is 1. The van der Waals surface area contributed by atoms with Gasteiger partial charge in [-0.2, -0.15) is 0 Å². The molecule has 0 saturated carbocycles. The summed E-state index contributed by atoms with van der Waals surface area (Å²) in [7, 11) is 0. The Morgan fingerprint density at radius 2 is 1.90 bits per heavy atom. The number of carbonyl (C=O) groups is 1. The van der Waals surface area contributed by atoms with Crippen LogP contribution in [0.1, 0.15) is 15.9 Å². The van der Waals surface area contributed by atoms with Crippen LogP contribution >= 0.6 is 0 Å². The molecule has 0 aliphatic heterocycles. The Kier molecular flexibility index (Phi) is 3.13. The van der Waals surface area contributed by atoms with Gasteiger partial charge in [-0.1, -0.05) is 41.1 Å². The first-order chi connectivity index (χ1) is 9.79. The van der Waals surface area contributed by atoms with Crippen molar-refractivity contribution in [3.63, 3.8) is 0 Å². The predicted octanol–water partition coefficient (Wildman–Crippen LogP) is 3.06. The molecule has 0 spiro atoms. The summed E-state index contributed by atoms with van der Waals surface area (Å²) in [6.07, 6.45) is 2.53. The van der Waals surface area contributed by atoms with Gasteiger partial charge in [0.05, 0.1) is 17.6 Å². The highest BCUT2D eigenvalue weighted by atomic mass is 16.1. The maximum Gasteiger partial charge on any atom is 0.150 e. The second kappa shape index (κ2) is 5.09. The maximum absolute atomic E-state index is 11.2. The average Bonchev–Trinajstić information content (AvgIpc) is 2.97. The number of carbonyl (C=O) groups excluding carboxylic acids is 1. The minimum absolute atomic E-state index is 0.634. The van der Waals surface area contributed by atoms with Crippen molar-refractivity contribution in [2.75, 3.05) is 0 Å². The van der Waals surface area contributed by atoms with Crippen LogP contribution in [-0.2, 0) is 0 Å². The van der Waals surface area contributed by atoms with E-state index in [2.05, 4.69) is 10.3 Å². The number of aromatic nitrogens is 3. The third kappa shape index (κ3) is 2.12. The van der Waals surface area contributed by atoms with Gasteiger partial charge in [-0.3, -0.25) is 4.79 Å². The molecule has 0 fully saturated rings. The maximum atomic E-state index is 11.2. The zero-order chi connectivity index (χ0) is 13.9. The van der Waals surface area contributed by atoms with Gasteiger partial charge in [0.25, 0.3) is 0 Å². The Hall–Kier alpha value is -2.75. The summed E-state index contributed by atoms with van der Waals surface area (Å²) in [6, 6.07) is 15.5. The molecule has 0 saturated heterocycles. The van der Waals surface area contributed by atoms with Gasteiger partial charge in [0.15, 0.2) is 6.29 Å². The number of aryl methyl sites for hydroxylation is 1. The van der Waals surface area contributed by atoms with Crippen LogP contribution in [0.25, 0.3) is 16.9 Å². The Bertz CT molecular complexity index is 747. The number of hydrogen-bond acceptors (Lipinski definition) is 3. The standard InChI is InChI=1S/C16H13N3O/c1-12-7-8-13(11-20)15(9-12)16-10-17-18-19(16)14-5-3-2-4-6-14/h2-11H,1H3. The van der Waals surface area contributed by atoms with Crippen LogP contribution in [0.5, 0.6) is 0 Å². The summed E-state index contributed by atoms with van der Waals surface area (Å²) in [5.41, 5.74) is 4.29. The average molecular weight is 263 g/mol. The molecule has 4 nitrogen and oxygen atoms in total. The first-order valence-corrected chi connectivity index (χ1v) is 6.32. The van der Waals surface area contributed by atoms with E-state index in [-0.39, 0.29) is 0 Å². The second-order valence-corrected chi connectivity index (χ2v) is 4.58. The van der Waals surface area contributed by atoms with Gasteiger partial charge in [0, 0.05) is 11.1 Å². The normalized spacial score (nSPS) is 10.4. The van der Waals surface area contributed by atoms with E-state index >= 15 is 0 Å². The van der Waals surface area contributed by atoms with Crippen LogP contribution < -0.4 is 0 Å². The zero-order valence-electron chi connectivity index (χ0n) is 11.0. The molecular weight excluding hydrogens is 250 g/mol. The van der Waals surface area contributed by atoms with Gasteiger partial charge in [-0.15, -0.1) is 5.10 Å². The monoisotopic (exact) mass is 263 g/mol. The van der Waals surface area contributed by atoms with Crippen molar-refractivity contribution in [2.24, 2.45) is 0 Å². The molecule has 98 valence electrons. The molecule has 4 heteroatoms. The molecule has 20 heavy (non-hydrogen) atoms. The topological polar surface area (TPSA) is 47.8 Å². The lowest BCUT2D eigenvalue weighted by Crippen LogP contribution is -2.00. The molecule has 0 amide bonds. The minimum atomic E-state index is 0.634. The van der Waals surface area contributed by atoms with Gasteiger partial charge in [0.2, 0.25) is 0 Å². The predicted molar refractivity (Wildman–Crippen MR) is 76.9 cm³/mol. The van der Waals surface area contributed by atoms with Crippen LogP contribution in [0.2, 0.25) is 0 Å². The smallest absolute Gasteiger partial charge is 0.150 e. The first-order valence-electron chi connectivity index (χ1n) is 6.32. The fourth-order valence-electron chi connectivity index (χ4n) is 2.17.